The van der Waals surface area contributed by atoms with E-state index < -0.39 is 21.6 Å². The first-order valence-corrected chi connectivity index (χ1v) is 26.0. The highest BCUT2D eigenvalue weighted by Gasteiger charge is 2.50. The van der Waals surface area contributed by atoms with Crippen LogP contribution in [-0.4, -0.2) is 16.1 Å². The van der Waals surface area contributed by atoms with Crippen LogP contribution in [0, 0.1) is 0 Å². The van der Waals surface area contributed by atoms with Crippen molar-refractivity contribution in [2.75, 3.05) is 0 Å². The molecule has 0 bridgehead atoms. The minimum Gasteiger partial charge on any atom is -0.0623 e. The molecule has 10 aromatic rings. The summed E-state index contributed by atoms with van der Waals surface area (Å²) in [5.74, 6) is 0. The largest absolute Gasteiger partial charge is 0.179 e. The van der Waals surface area contributed by atoms with Crippen molar-refractivity contribution in [2.45, 2.75) is 5.41 Å². The van der Waals surface area contributed by atoms with Gasteiger partial charge in [-0.25, -0.2) is 0 Å². The van der Waals surface area contributed by atoms with E-state index in [9.17, 15) is 0 Å². The smallest absolute Gasteiger partial charge is 0.0623 e. The molecular formula is C61H46Si2. The van der Waals surface area contributed by atoms with Gasteiger partial charge in [-0.2, -0.15) is 0 Å². The fourth-order valence-corrected chi connectivity index (χ4v) is 20.6. The van der Waals surface area contributed by atoms with E-state index in [1.165, 1.54) is 74.9 Å². The molecule has 0 N–H and O–H groups in total. The van der Waals surface area contributed by atoms with E-state index >= 15 is 0 Å². The summed E-state index contributed by atoms with van der Waals surface area (Å²) >= 11 is 0. The summed E-state index contributed by atoms with van der Waals surface area (Å²) in [6.07, 6.45) is 0. The van der Waals surface area contributed by atoms with Crippen LogP contribution in [0.2, 0.25) is 0 Å². The molecular weight excluding hydrogens is 789 g/mol. The van der Waals surface area contributed by atoms with E-state index in [0.29, 0.717) is 0 Å². The topological polar surface area (TPSA) is 0 Å². The van der Waals surface area contributed by atoms with Crippen LogP contribution in [-0.2, 0) is 5.41 Å². The molecule has 0 amide bonds. The summed E-state index contributed by atoms with van der Waals surface area (Å²) < 4.78 is 0. The first-order valence-electron chi connectivity index (χ1n) is 22.0. The second-order valence-electron chi connectivity index (χ2n) is 16.7. The Morgan fingerprint density at radius 2 is 0.429 bits per heavy atom. The maximum atomic E-state index is 2.63. The van der Waals surface area contributed by atoms with Gasteiger partial charge in [0.1, 0.15) is 0 Å². The van der Waals surface area contributed by atoms with E-state index in [4.69, 9.17) is 0 Å². The normalized spacial score (nSPS) is 12.9. The number of hydrogen-bond acceptors (Lipinski definition) is 0. The van der Waals surface area contributed by atoms with Crippen molar-refractivity contribution in [3.63, 3.8) is 0 Å². The molecule has 63 heavy (non-hydrogen) atoms. The molecule has 0 radical (unpaired) electrons. The Morgan fingerprint density at radius 1 is 0.206 bits per heavy atom. The summed E-state index contributed by atoms with van der Waals surface area (Å²) in [4.78, 5) is 0. The van der Waals surface area contributed by atoms with Gasteiger partial charge in [0, 0.05) is 0 Å². The minimum atomic E-state index is -2.88. The molecule has 0 fully saturated rings. The fourth-order valence-electron chi connectivity index (χ4n) is 11.1. The lowest BCUT2D eigenvalue weighted by atomic mass is 9.68. The molecule has 0 heterocycles. The van der Waals surface area contributed by atoms with Gasteiger partial charge in [-0.1, -0.05) is 279 Å². The molecule has 10 aromatic carbocycles. The van der Waals surface area contributed by atoms with E-state index in [-0.39, 0.29) is 0 Å². The molecule has 0 atom stereocenters. The molecule has 1 aliphatic rings. The lowest BCUT2D eigenvalue weighted by Gasteiger charge is -2.38. The Balaban J connectivity index is 1.27. The van der Waals surface area contributed by atoms with Crippen LogP contribution in [0.3, 0.4) is 0 Å². The summed E-state index contributed by atoms with van der Waals surface area (Å²) in [5, 5.41) is 11.0. The van der Waals surface area contributed by atoms with Crippen molar-refractivity contribution in [1.82, 2.24) is 0 Å². The second kappa shape index (κ2) is 16.2. The third-order valence-corrected chi connectivity index (χ3v) is 23.2. The molecule has 0 aliphatic heterocycles. The van der Waals surface area contributed by atoms with Gasteiger partial charge in [0.2, 0.25) is 0 Å². The zero-order chi connectivity index (χ0) is 42.1. The van der Waals surface area contributed by atoms with Crippen molar-refractivity contribution >= 4 is 57.6 Å². The van der Waals surface area contributed by atoms with E-state index in [2.05, 4.69) is 279 Å². The second-order valence-corrected chi connectivity index (χ2v) is 24.3. The van der Waals surface area contributed by atoms with Crippen LogP contribution in [0.4, 0.5) is 0 Å². The molecule has 2 heteroatoms. The fraction of sp³-hybridized carbons (Fsp3) is 0.0164. The number of fused-ring (bicyclic) bond motifs is 3. The Morgan fingerprint density at radius 3 is 0.667 bits per heavy atom. The summed E-state index contributed by atoms with van der Waals surface area (Å²) in [6, 6.07) is 106. The summed E-state index contributed by atoms with van der Waals surface area (Å²) in [6.45, 7) is 0. The molecule has 0 saturated heterocycles. The SMILES string of the molecule is c1ccc(C2(c3ccccc3)c3cc([Si](c4ccccc4)(c4ccccc4)c4ccccc4)ccc3-c3ccc([Si](c4ccccc4)(c4ccccc4)c4ccccc4)cc32)cc1. The zero-order valence-corrected chi connectivity index (χ0v) is 37.1. The van der Waals surface area contributed by atoms with Crippen molar-refractivity contribution < 1.29 is 0 Å². The van der Waals surface area contributed by atoms with Gasteiger partial charge < -0.3 is 0 Å². The van der Waals surface area contributed by atoms with Gasteiger partial charge in [0.05, 0.1) is 5.41 Å². The van der Waals surface area contributed by atoms with Gasteiger partial charge >= 0.3 is 0 Å². The predicted molar refractivity (Wildman–Crippen MR) is 271 cm³/mol. The van der Waals surface area contributed by atoms with E-state index in [0.717, 1.165) is 0 Å². The van der Waals surface area contributed by atoms with Gasteiger partial charge in [-0.05, 0) is 74.9 Å². The highest BCUT2D eigenvalue weighted by Crippen LogP contribution is 2.55. The molecule has 0 saturated carbocycles. The molecule has 0 spiro atoms. The van der Waals surface area contributed by atoms with Gasteiger partial charge in [-0.15, -0.1) is 0 Å². The highest BCUT2D eigenvalue weighted by molar-refractivity contribution is 7.20. The Kier molecular flexibility index (Phi) is 9.88. The average Bonchev–Trinajstić information content (AvgIpc) is 3.67. The highest BCUT2D eigenvalue weighted by atomic mass is 28.3. The lowest BCUT2D eigenvalue weighted by Crippen LogP contribution is -2.74. The third kappa shape index (κ3) is 6.01. The van der Waals surface area contributed by atoms with E-state index in [1.807, 2.05) is 0 Å². The van der Waals surface area contributed by atoms with Crippen LogP contribution < -0.4 is 41.5 Å². The molecule has 0 unspecified atom stereocenters. The Bertz CT molecular complexity index is 2710. The van der Waals surface area contributed by atoms with Gasteiger partial charge in [0.15, 0.2) is 16.1 Å². The quantitative estimate of drug-likeness (QED) is 0.0956. The number of hydrogen-bond donors (Lipinski definition) is 0. The first-order chi connectivity index (χ1) is 31.3. The molecule has 0 nitrogen and oxygen atoms in total. The van der Waals surface area contributed by atoms with Crippen LogP contribution in [0.1, 0.15) is 22.3 Å². The van der Waals surface area contributed by atoms with Crippen molar-refractivity contribution in [3.8, 4) is 11.1 Å². The Hall–Kier alpha value is -7.37. The number of rotatable bonds is 10. The maximum Gasteiger partial charge on any atom is 0.179 e. The van der Waals surface area contributed by atoms with Crippen molar-refractivity contribution in [1.29, 1.82) is 0 Å². The third-order valence-electron chi connectivity index (χ3n) is 13.7. The monoisotopic (exact) mass is 834 g/mol. The van der Waals surface area contributed by atoms with Gasteiger partial charge in [-0.3, -0.25) is 0 Å². The average molecular weight is 835 g/mol. The van der Waals surface area contributed by atoms with Crippen molar-refractivity contribution in [3.05, 3.63) is 301 Å². The number of benzene rings is 10. The summed E-state index contributed by atoms with van der Waals surface area (Å²) in [7, 11) is -5.75. The van der Waals surface area contributed by atoms with Crippen LogP contribution >= 0.6 is 0 Å². The molecule has 11 rings (SSSR count). The standard InChI is InChI=1S/C61H46Si2/c1-9-25-47(26-10-1)61(48-27-11-2-12-28-48)59-45-55(62(49-29-13-3-14-30-49,50-31-15-4-16-32-50)51-33-17-5-18-34-51)41-43-57(59)58-44-42-56(46-60(58)61)63(52-35-19-6-20-36-52,53-37-21-7-22-38-53)54-39-23-8-24-40-54/h1-46H. The Labute approximate surface area is 373 Å². The van der Waals surface area contributed by atoms with Crippen molar-refractivity contribution in [2.24, 2.45) is 0 Å². The van der Waals surface area contributed by atoms with Crippen LogP contribution in [0.5, 0.6) is 0 Å². The maximum absolute atomic E-state index is 2.88. The molecule has 298 valence electrons. The molecule has 0 aromatic heterocycles. The summed E-state index contributed by atoms with van der Waals surface area (Å²) in [5.41, 5.74) is 7.15. The predicted octanol–water partition coefficient (Wildman–Crippen LogP) is 8.80. The van der Waals surface area contributed by atoms with Crippen LogP contribution in [0.25, 0.3) is 11.1 Å². The minimum absolute atomic E-state index is 0.617. The van der Waals surface area contributed by atoms with Gasteiger partial charge in [0.25, 0.3) is 0 Å². The molecule has 1 aliphatic carbocycles. The lowest BCUT2D eigenvalue weighted by molar-refractivity contribution is 0.770. The zero-order valence-electron chi connectivity index (χ0n) is 35.1. The van der Waals surface area contributed by atoms with Crippen LogP contribution in [0.15, 0.2) is 279 Å². The first kappa shape index (κ1) is 38.5. The van der Waals surface area contributed by atoms with E-state index in [1.54, 1.807) is 0 Å².